The standard InChI is InChI=1S/C24H31N3O3S2/c1-6-30-14-10-13-27-23(29)20-15(2)17(4)31-22(20)26-24(27)32-18(5)21(28)25-16(3)19-11-8-7-9-12-19/h7-9,11-12,16,18H,6,10,13-14H2,1-5H3,(H,25,28)/t16-,18-/m1/s1. The molecule has 6 nitrogen and oxygen atoms in total. The highest BCUT2D eigenvalue weighted by molar-refractivity contribution is 8.00. The van der Waals surface area contributed by atoms with E-state index in [1.165, 1.54) is 23.1 Å². The van der Waals surface area contributed by atoms with Crippen molar-refractivity contribution in [3.05, 3.63) is 56.7 Å². The second-order valence-corrected chi connectivity index (χ2v) is 10.3. The smallest absolute Gasteiger partial charge is 0.263 e. The highest BCUT2D eigenvalue weighted by atomic mass is 32.2. The first kappa shape index (κ1) is 24.5. The van der Waals surface area contributed by atoms with E-state index in [0.717, 1.165) is 20.8 Å². The first-order valence-corrected chi connectivity index (χ1v) is 12.6. The lowest BCUT2D eigenvalue weighted by Gasteiger charge is -2.19. The van der Waals surface area contributed by atoms with Gasteiger partial charge in [0.25, 0.3) is 5.56 Å². The number of hydrogen-bond acceptors (Lipinski definition) is 6. The normalized spacial score (nSPS) is 13.3. The van der Waals surface area contributed by atoms with E-state index in [2.05, 4.69) is 5.32 Å². The summed E-state index contributed by atoms with van der Waals surface area (Å²) in [6.45, 7) is 11.5. The van der Waals surface area contributed by atoms with Crippen LogP contribution >= 0.6 is 23.1 Å². The lowest BCUT2D eigenvalue weighted by atomic mass is 10.1. The summed E-state index contributed by atoms with van der Waals surface area (Å²) in [6, 6.07) is 9.77. The molecule has 2 atom stereocenters. The summed E-state index contributed by atoms with van der Waals surface area (Å²) in [6.07, 6.45) is 0.711. The van der Waals surface area contributed by atoms with E-state index in [4.69, 9.17) is 9.72 Å². The van der Waals surface area contributed by atoms with Crippen LogP contribution in [0.3, 0.4) is 0 Å². The Hall–Kier alpha value is -2.16. The summed E-state index contributed by atoms with van der Waals surface area (Å²) in [7, 11) is 0. The number of aromatic nitrogens is 2. The highest BCUT2D eigenvalue weighted by Gasteiger charge is 2.22. The average Bonchev–Trinajstić information content (AvgIpc) is 3.06. The number of thioether (sulfide) groups is 1. The first-order chi connectivity index (χ1) is 15.3. The molecule has 0 fully saturated rings. The molecule has 0 aliphatic rings. The number of carbonyl (C=O) groups is 1. The molecule has 1 aromatic carbocycles. The van der Waals surface area contributed by atoms with E-state index in [-0.39, 0.29) is 17.5 Å². The Kier molecular flexibility index (Phi) is 8.51. The van der Waals surface area contributed by atoms with Gasteiger partial charge in [-0.05, 0) is 52.2 Å². The van der Waals surface area contributed by atoms with E-state index in [9.17, 15) is 9.59 Å². The van der Waals surface area contributed by atoms with Gasteiger partial charge in [0, 0.05) is 24.6 Å². The van der Waals surface area contributed by atoms with Crippen molar-refractivity contribution in [2.75, 3.05) is 13.2 Å². The Labute approximate surface area is 197 Å². The van der Waals surface area contributed by atoms with Crippen LogP contribution in [0.5, 0.6) is 0 Å². The van der Waals surface area contributed by atoms with Crippen LogP contribution in [0.2, 0.25) is 0 Å². The Morgan fingerprint density at radius 1 is 1.25 bits per heavy atom. The molecule has 0 aliphatic carbocycles. The molecule has 1 amide bonds. The molecule has 1 N–H and O–H groups in total. The number of rotatable bonds is 10. The number of ether oxygens (including phenoxy) is 1. The third-order valence-corrected chi connectivity index (χ3v) is 7.63. The van der Waals surface area contributed by atoms with Crippen LogP contribution in [-0.2, 0) is 16.1 Å². The van der Waals surface area contributed by atoms with Gasteiger partial charge in [0.1, 0.15) is 4.83 Å². The Morgan fingerprint density at radius 2 is 1.97 bits per heavy atom. The Balaban J connectivity index is 1.83. The van der Waals surface area contributed by atoms with Crippen molar-refractivity contribution in [3.63, 3.8) is 0 Å². The molecule has 32 heavy (non-hydrogen) atoms. The van der Waals surface area contributed by atoms with Gasteiger partial charge in [0.15, 0.2) is 5.16 Å². The number of benzene rings is 1. The monoisotopic (exact) mass is 473 g/mol. The molecular formula is C24H31N3O3S2. The lowest BCUT2D eigenvalue weighted by Crippen LogP contribution is -2.34. The van der Waals surface area contributed by atoms with Gasteiger partial charge in [-0.2, -0.15) is 0 Å². The summed E-state index contributed by atoms with van der Waals surface area (Å²) < 4.78 is 7.15. The number of hydrogen-bond donors (Lipinski definition) is 1. The Bertz CT molecular complexity index is 1120. The molecule has 0 spiro atoms. The third kappa shape index (κ3) is 5.60. The molecule has 2 heterocycles. The number of fused-ring (bicyclic) bond motifs is 1. The van der Waals surface area contributed by atoms with Crippen LogP contribution in [0.1, 0.15) is 49.2 Å². The third-order valence-electron chi connectivity index (χ3n) is 5.44. The summed E-state index contributed by atoms with van der Waals surface area (Å²) in [5, 5.41) is 3.93. The summed E-state index contributed by atoms with van der Waals surface area (Å²) in [5.41, 5.74) is 2.00. The van der Waals surface area contributed by atoms with Gasteiger partial charge in [0.05, 0.1) is 16.7 Å². The zero-order valence-corrected chi connectivity index (χ0v) is 20.9. The second kappa shape index (κ2) is 11.1. The van der Waals surface area contributed by atoms with Crippen LogP contribution in [0.25, 0.3) is 10.2 Å². The average molecular weight is 474 g/mol. The summed E-state index contributed by atoms with van der Waals surface area (Å²) in [5.74, 6) is -0.0832. The van der Waals surface area contributed by atoms with Crippen molar-refractivity contribution in [1.29, 1.82) is 0 Å². The SMILES string of the molecule is CCOCCCn1c(S[C@H](C)C(=O)N[C@H](C)c2ccccc2)nc2sc(C)c(C)c2c1=O. The quantitative estimate of drug-likeness (QED) is 0.259. The van der Waals surface area contributed by atoms with Crippen molar-refractivity contribution in [2.24, 2.45) is 0 Å². The van der Waals surface area contributed by atoms with Gasteiger partial charge in [0.2, 0.25) is 5.91 Å². The maximum atomic E-state index is 13.3. The second-order valence-electron chi connectivity index (χ2n) is 7.77. The van der Waals surface area contributed by atoms with Gasteiger partial charge in [-0.25, -0.2) is 4.98 Å². The fourth-order valence-electron chi connectivity index (χ4n) is 3.43. The van der Waals surface area contributed by atoms with Crippen molar-refractivity contribution >= 4 is 39.2 Å². The van der Waals surface area contributed by atoms with E-state index >= 15 is 0 Å². The number of carbonyl (C=O) groups excluding carboxylic acids is 1. The highest BCUT2D eigenvalue weighted by Crippen LogP contribution is 2.30. The van der Waals surface area contributed by atoms with Gasteiger partial charge in [-0.3, -0.25) is 14.2 Å². The van der Waals surface area contributed by atoms with Crippen molar-refractivity contribution in [3.8, 4) is 0 Å². The number of aryl methyl sites for hydroxylation is 2. The lowest BCUT2D eigenvalue weighted by molar-refractivity contribution is -0.120. The zero-order valence-electron chi connectivity index (χ0n) is 19.3. The molecular weight excluding hydrogens is 442 g/mol. The first-order valence-electron chi connectivity index (χ1n) is 10.9. The van der Waals surface area contributed by atoms with Crippen LogP contribution in [-0.4, -0.2) is 33.9 Å². The van der Waals surface area contributed by atoms with Crippen LogP contribution in [0.4, 0.5) is 0 Å². The minimum atomic E-state index is -0.397. The largest absolute Gasteiger partial charge is 0.382 e. The molecule has 0 radical (unpaired) electrons. The number of nitrogens with zero attached hydrogens (tertiary/aromatic N) is 2. The van der Waals surface area contributed by atoms with Crippen molar-refractivity contribution in [2.45, 2.75) is 64.0 Å². The maximum absolute atomic E-state index is 13.3. The fraction of sp³-hybridized carbons (Fsp3) is 0.458. The van der Waals surface area contributed by atoms with Crippen molar-refractivity contribution < 1.29 is 9.53 Å². The van der Waals surface area contributed by atoms with E-state index in [0.29, 0.717) is 36.7 Å². The Morgan fingerprint density at radius 3 is 2.66 bits per heavy atom. The van der Waals surface area contributed by atoms with Gasteiger partial charge in [-0.1, -0.05) is 42.1 Å². The predicted octanol–water partition coefficient (Wildman–Crippen LogP) is 4.86. The van der Waals surface area contributed by atoms with Crippen LogP contribution in [0.15, 0.2) is 40.3 Å². The minimum absolute atomic E-state index is 0.0406. The molecule has 3 rings (SSSR count). The summed E-state index contributed by atoms with van der Waals surface area (Å²) >= 11 is 2.86. The number of amides is 1. The zero-order chi connectivity index (χ0) is 23.3. The van der Waals surface area contributed by atoms with Crippen molar-refractivity contribution in [1.82, 2.24) is 14.9 Å². The van der Waals surface area contributed by atoms with Crippen LogP contribution < -0.4 is 10.9 Å². The van der Waals surface area contributed by atoms with Gasteiger partial charge in [-0.15, -0.1) is 11.3 Å². The van der Waals surface area contributed by atoms with Gasteiger partial charge >= 0.3 is 0 Å². The topological polar surface area (TPSA) is 73.2 Å². The molecule has 2 aromatic heterocycles. The molecule has 172 valence electrons. The molecule has 0 saturated heterocycles. The number of thiophene rings is 1. The molecule has 0 bridgehead atoms. The summed E-state index contributed by atoms with van der Waals surface area (Å²) in [4.78, 5) is 32.8. The molecule has 8 heteroatoms. The molecule has 0 saturated carbocycles. The van der Waals surface area contributed by atoms with E-state index in [1.54, 1.807) is 4.57 Å². The fourth-order valence-corrected chi connectivity index (χ4v) is 5.45. The minimum Gasteiger partial charge on any atom is -0.382 e. The van der Waals surface area contributed by atoms with E-state index in [1.807, 2.05) is 65.0 Å². The number of nitrogens with one attached hydrogen (secondary N) is 1. The molecule has 0 unspecified atom stereocenters. The molecule has 0 aliphatic heterocycles. The van der Waals surface area contributed by atoms with Crippen LogP contribution in [0, 0.1) is 13.8 Å². The van der Waals surface area contributed by atoms with E-state index < -0.39 is 5.25 Å². The maximum Gasteiger partial charge on any atom is 0.263 e. The van der Waals surface area contributed by atoms with Gasteiger partial charge < -0.3 is 10.1 Å². The predicted molar refractivity (Wildman–Crippen MR) is 133 cm³/mol. The molecule has 3 aromatic rings.